The summed E-state index contributed by atoms with van der Waals surface area (Å²) in [7, 11) is 0. The Kier molecular flexibility index (Phi) is 6.26. The summed E-state index contributed by atoms with van der Waals surface area (Å²) in [6.45, 7) is 8.13. The lowest BCUT2D eigenvalue weighted by atomic mass is 10.2. The summed E-state index contributed by atoms with van der Waals surface area (Å²) in [4.78, 5) is 14.2. The molecule has 0 amide bonds. The largest absolute Gasteiger partial charge is 0.467 e. The van der Waals surface area contributed by atoms with Gasteiger partial charge in [-0.15, -0.1) is 0 Å². The normalized spacial score (nSPS) is 18.3. The van der Waals surface area contributed by atoms with Crippen LogP contribution in [0.25, 0.3) is 0 Å². The number of nitrogens with zero attached hydrogens (tertiary/aromatic N) is 1. The Balaban J connectivity index is 1.99. The first-order chi connectivity index (χ1) is 10.2. The van der Waals surface area contributed by atoms with Gasteiger partial charge in [0, 0.05) is 12.6 Å². The third-order valence-electron chi connectivity index (χ3n) is 3.79. The number of carbonyl (C=O) groups is 1. The van der Waals surface area contributed by atoms with Crippen molar-refractivity contribution in [2.24, 2.45) is 0 Å². The fraction of sp³-hybridized carbons (Fsp3) is 0.688. The van der Waals surface area contributed by atoms with E-state index in [1.165, 1.54) is 12.8 Å². The van der Waals surface area contributed by atoms with Gasteiger partial charge in [0.15, 0.2) is 0 Å². The highest BCUT2D eigenvalue weighted by atomic mass is 16.5. The number of nitrogens with one attached hydrogen (secondary N) is 1. The van der Waals surface area contributed by atoms with Crippen molar-refractivity contribution in [2.75, 3.05) is 26.2 Å². The minimum Gasteiger partial charge on any atom is -0.467 e. The van der Waals surface area contributed by atoms with E-state index in [1.54, 1.807) is 12.3 Å². The molecule has 1 aliphatic heterocycles. The highest BCUT2D eigenvalue weighted by molar-refractivity contribution is 5.90. The molecule has 5 nitrogen and oxygen atoms in total. The molecule has 1 N–H and O–H groups in total. The van der Waals surface area contributed by atoms with Crippen molar-refractivity contribution in [3.8, 4) is 0 Å². The summed E-state index contributed by atoms with van der Waals surface area (Å²) in [5.41, 5.74) is 0.553. The molecule has 1 fully saturated rings. The Morgan fingerprint density at radius 2 is 2.38 bits per heavy atom. The first-order valence-electron chi connectivity index (χ1n) is 7.93. The summed E-state index contributed by atoms with van der Waals surface area (Å²) in [6.07, 6.45) is 5.13. The van der Waals surface area contributed by atoms with E-state index in [0.717, 1.165) is 26.1 Å². The summed E-state index contributed by atoms with van der Waals surface area (Å²) >= 11 is 0. The maximum Gasteiger partial charge on any atom is 0.341 e. The molecule has 0 aromatic carbocycles. The number of esters is 1. The van der Waals surface area contributed by atoms with Crippen molar-refractivity contribution in [3.05, 3.63) is 23.7 Å². The number of furan rings is 1. The number of rotatable bonds is 8. The van der Waals surface area contributed by atoms with Crippen LogP contribution in [0.15, 0.2) is 16.7 Å². The van der Waals surface area contributed by atoms with Crippen molar-refractivity contribution >= 4 is 5.97 Å². The Hall–Kier alpha value is -1.33. The van der Waals surface area contributed by atoms with Crippen molar-refractivity contribution < 1.29 is 13.9 Å². The lowest BCUT2D eigenvalue weighted by molar-refractivity contribution is 0.0522. The van der Waals surface area contributed by atoms with E-state index in [9.17, 15) is 4.79 Å². The first kappa shape index (κ1) is 16.0. The van der Waals surface area contributed by atoms with Gasteiger partial charge in [0.05, 0.1) is 19.4 Å². The van der Waals surface area contributed by atoms with E-state index in [4.69, 9.17) is 9.15 Å². The molecule has 5 heteroatoms. The fourth-order valence-corrected chi connectivity index (χ4v) is 2.83. The smallest absolute Gasteiger partial charge is 0.341 e. The summed E-state index contributed by atoms with van der Waals surface area (Å²) < 4.78 is 10.6. The van der Waals surface area contributed by atoms with Gasteiger partial charge in [0.25, 0.3) is 0 Å². The van der Waals surface area contributed by atoms with Crippen LogP contribution < -0.4 is 5.32 Å². The van der Waals surface area contributed by atoms with Crippen molar-refractivity contribution in [2.45, 2.75) is 45.7 Å². The lowest BCUT2D eigenvalue weighted by Gasteiger charge is -2.24. The highest BCUT2D eigenvalue weighted by Crippen LogP contribution is 2.16. The first-order valence-corrected chi connectivity index (χ1v) is 7.93. The van der Waals surface area contributed by atoms with Crippen LogP contribution >= 0.6 is 0 Å². The molecule has 118 valence electrons. The van der Waals surface area contributed by atoms with Crippen molar-refractivity contribution in [3.63, 3.8) is 0 Å². The van der Waals surface area contributed by atoms with E-state index >= 15 is 0 Å². The topological polar surface area (TPSA) is 54.7 Å². The third-order valence-corrected chi connectivity index (χ3v) is 3.79. The Morgan fingerprint density at radius 3 is 3.05 bits per heavy atom. The van der Waals surface area contributed by atoms with Crippen LogP contribution in [0, 0.1) is 0 Å². The van der Waals surface area contributed by atoms with Gasteiger partial charge in [-0.05, 0) is 45.3 Å². The maximum atomic E-state index is 11.9. The Morgan fingerprint density at radius 1 is 1.52 bits per heavy atom. The Bertz CT molecular complexity index is 438. The van der Waals surface area contributed by atoms with E-state index < -0.39 is 0 Å². The van der Waals surface area contributed by atoms with Crippen molar-refractivity contribution in [1.29, 1.82) is 0 Å². The molecule has 1 atom stereocenters. The van der Waals surface area contributed by atoms with Crippen LogP contribution in [0.4, 0.5) is 0 Å². The van der Waals surface area contributed by atoms with Gasteiger partial charge < -0.3 is 14.5 Å². The van der Waals surface area contributed by atoms with E-state index in [-0.39, 0.29) is 5.97 Å². The number of hydrogen-bond acceptors (Lipinski definition) is 5. The van der Waals surface area contributed by atoms with Gasteiger partial charge in [0.1, 0.15) is 11.3 Å². The predicted molar refractivity (Wildman–Crippen MR) is 81.3 cm³/mol. The predicted octanol–water partition coefficient (Wildman–Crippen LogP) is 2.42. The molecule has 1 aliphatic rings. The zero-order valence-corrected chi connectivity index (χ0v) is 13.1. The van der Waals surface area contributed by atoms with E-state index in [1.807, 2.05) is 6.92 Å². The van der Waals surface area contributed by atoms with Crippen LogP contribution in [-0.4, -0.2) is 43.2 Å². The molecule has 0 saturated carbocycles. The molecule has 0 bridgehead atoms. The molecule has 0 aliphatic carbocycles. The van der Waals surface area contributed by atoms with E-state index in [0.29, 0.717) is 30.5 Å². The molecule has 0 radical (unpaired) electrons. The quantitative estimate of drug-likeness (QED) is 0.746. The molecule has 1 saturated heterocycles. The molecule has 1 unspecified atom stereocenters. The Labute approximate surface area is 126 Å². The number of ether oxygens (including phenoxy) is 1. The lowest BCUT2D eigenvalue weighted by Crippen LogP contribution is -2.37. The van der Waals surface area contributed by atoms with Crippen molar-refractivity contribution in [1.82, 2.24) is 10.2 Å². The third kappa shape index (κ3) is 4.58. The second kappa shape index (κ2) is 8.20. The van der Waals surface area contributed by atoms with E-state index in [2.05, 4.69) is 17.1 Å². The molecule has 1 aromatic heterocycles. The number of carbonyl (C=O) groups excluding carboxylic acids is 1. The van der Waals surface area contributed by atoms with Gasteiger partial charge in [0.2, 0.25) is 0 Å². The molecule has 1 aromatic rings. The summed E-state index contributed by atoms with van der Waals surface area (Å²) in [6, 6.07) is 2.25. The molecular formula is C16H26N2O3. The molecule has 0 spiro atoms. The average molecular weight is 294 g/mol. The van der Waals surface area contributed by atoms with Crippen LogP contribution in [0.2, 0.25) is 0 Å². The number of hydrogen-bond donors (Lipinski definition) is 1. The van der Waals surface area contributed by atoms with Crippen LogP contribution in [0.5, 0.6) is 0 Å². The molecular weight excluding hydrogens is 268 g/mol. The fourth-order valence-electron chi connectivity index (χ4n) is 2.83. The van der Waals surface area contributed by atoms with Crippen LogP contribution in [-0.2, 0) is 11.3 Å². The second-order valence-electron chi connectivity index (χ2n) is 5.51. The minimum absolute atomic E-state index is 0.295. The second-order valence-corrected chi connectivity index (χ2v) is 5.51. The average Bonchev–Trinajstić information content (AvgIpc) is 3.11. The van der Waals surface area contributed by atoms with Gasteiger partial charge in [-0.25, -0.2) is 4.79 Å². The van der Waals surface area contributed by atoms with Gasteiger partial charge in [-0.3, -0.25) is 4.90 Å². The maximum absolute atomic E-state index is 11.9. The zero-order valence-electron chi connectivity index (χ0n) is 13.1. The van der Waals surface area contributed by atoms with Crippen LogP contribution in [0.1, 0.15) is 49.2 Å². The summed E-state index contributed by atoms with van der Waals surface area (Å²) in [5, 5.41) is 3.52. The molecule has 2 heterocycles. The standard InChI is InChI=1S/C16H26N2O3/c1-3-9-18(11-13-6-5-8-17-13)12-15-14(7-10-21-15)16(19)20-4-2/h7,10,13,17H,3-6,8-9,11-12H2,1-2H3. The van der Waals surface area contributed by atoms with Crippen LogP contribution in [0.3, 0.4) is 0 Å². The van der Waals surface area contributed by atoms with Gasteiger partial charge >= 0.3 is 5.97 Å². The monoisotopic (exact) mass is 294 g/mol. The minimum atomic E-state index is -0.295. The SMILES string of the molecule is CCCN(Cc1occc1C(=O)OCC)CC1CCCN1. The highest BCUT2D eigenvalue weighted by Gasteiger charge is 2.21. The summed E-state index contributed by atoms with van der Waals surface area (Å²) in [5.74, 6) is 0.414. The molecule has 21 heavy (non-hydrogen) atoms. The van der Waals surface area contributed by atoms with Gasteiger partial charge in [-0.1, -0.05) is 6.92 Å². The molecule has 2 rings (SSSR count). The van der Waals surface area contributed by atoms with Gasteiger partial charge in [-0.2, -0.15) is 0 Å². The zero-order chi connectivity index (χ0) is 15.1.